The largest absolute Gasteiger partial charge is 0.707 e. The van der Waals surface area contributed by atoms with E-state index in [0.29, 0.717) is 5.75 Å². The lowest BCUT2D eigenvalue weighted by Crippen LogP contribution is -2.20. The third-order valence-corrected chi connectivity index (χ3v) is 2.97. The van der Waals surface area contributed by atoms with Gasteiger partial charge >= 0.3 is 7.32 Å². The number of rotatable bonds is 3. The predicted octanol–water partition coefficient (Wildman–Crippen LogP) is 1.30. The molecule has 1 aromatic heterocycles. The van der Waals surface area contributed by atoms with Crippen LogP contribution in [0.1, 0.15) is 0 Å². The van der Waals surface area contributed by atoms with E-state index < -0.39 is 7.32 Å². The zero-order valence-corrected chi connectivity index (χ0v) is 9.44. The minimum atomic E-state index is -1.81. The molecule has 2 N–H and O–H groups in total. The standard InChI is InChI=1S/C10H10BNO3S/c1-16-10-7-3-2-6-12-8(7)4-5-9(10)15-11(13)14/h2-6,13-14H,1H3. The molecule has 4 nitrogen and oxygen atoms in total. The monoisotopic (exact) mass is 235 g/mol. The molecule has 0 amide bonds. The van der Waals surface area contributed by atoms with Gasteiger partial charge in [0, 0.05) is 11.6 Å². The fourth-order valence-electron chi connectivity index (χ4n) is 1.52. The van der Waals surface area contributed by atoms with Gasteiger partial charge in [-0.2, -0.15) is 0 Å². The summed E-state index contributed by atoms with van der Waals surface area (Å²) in [5.41, 5.74) is 0.853. The van der Waals surface area contributed by atoms with Crippen LogP contribution >= 0.6 is 11.8 Å². The first-order valence-corrected chi connectivity index (χ1v) is 5.89. The average Bonchev–Trinajstić information content (AvgIpc) is 2.28. The number of hydrogen-bond donors (Lipinski definition) is 2. The van der Waals surface area contributed by atoms with Crippen LogP contribution in [0.4, 0.5) is 0 Å². The van der Waals surface area contributed by atoms with Crippen molar-refractivity contribution in [2.24, 2.45) is 0 Å². The van der Waals surface area contributed by atoms with Gasteiger partial charge in [-0.05, 0) is 24.5 Å². The molecule has 2 aromatic rings. The molecule has 16 heavy (non-hydrogen) atoms. The van der Waals surface area contributed by atoms with Gasteiger partial charge in [0.05, 0.1) is 10.4 Å². The number of thioether (sulfide) groups is 1. The topological polar surface area (TPSA) is 62.6 Å². The van der Waals surface area contributed by atoms with E-state index in [4.69, 9.17) is 14.7 Å². The van der Waals surface area contributed by atoms with E-state index in [2.05, 4.69) is 4.98 Å². The molecule has 0 aliphatic carbocycles. The summed E-state index contributed by atoms with van der Waals surface area (Å²) in [6, 6.07) is 7.22. The SMILES string of the molecule is CSc1c(OB(O)O)ccc2ncccc12. The quantitative estimate of drug-likeness (QED) is 0.620. The lowest BCUT2D eigenvalue weighted by molar-refractivity contribution is 0.285. The molecule has 0 aliphatic heterocycles. The Morgan fingerprint density at radius 1 is 1.31 bits per heavy atom. The molecule has 1 heterocycles. The van der Waals surface area contributed by atoms with Gasteiger partial charge in [0.15, 0.2) is 0 Å². The first-order valence-electron chi connectivity index (χ1n) is 4.67. The van der Waals surface area contributed by atoms with E-state index in [1.165, 1.54) is 11.8 Å². The molecule has 0 saturated carbocycles. The Balaban J connectivity index is 2.58. The fourth-order valence-corrected chi connectivity index (χ4v) is 2.23. The third kappa shape index (κ3) is 2.14. The summed E-state index contributed by atoms with van der Waals surface area (Å²) < 4.78 is 4.91. The highest BCUT2D eigenvalue weighted by Gasteiger charge is 2.15. The number of pyridine rings is 1. The van der Waals surface area contributed by atoms with Crippen molar-refractivity contribution >= 4 is 30.0 Å². The second kappa shape index (κ2) is 4.73. The van der Waals surface area contributed by atoms with Crippen molar-refractivity contribution in [3.63, 3.8) is 0 Å². The Hall–Kier alpha value is -1.24. The van der Waals surface area contributed by atoms with Crippen LogP contribution in [0.3, 0.4) is 0 Å². The molecular formula is C10H10BNO3S. The minimum Gasteiger partial charge on any atom is -0.511 e. The van der Waals surface area contributed by atoms with Gasteiger partial charge in [-0.3, -0.25) is 4.98 Å². The summed E-state index contributed by atoms with van der Waals surface area (Å²) in [6.45, 7) is 0. The van der Waals surface area contributed by atoms with Crippen LogP contribution in [0.15, 0.2) is 35.4 Å². The lowest BCUT2D eigenvalue weighted by Gasteiger charge is -2.11. The lowest BCUT2D eigenvalue weighted by atomic mass is 10.2. The number of hydrogen-bond acceptors (Lipinski definition) is 5. The zero-order chi connectivity index (χ0) is 11.5. The van der Waals surface area contributed by atoms with Crippen LogP contribution in [0.2, 0.25) is 0 Å². The summed E-state index contributed by atoms with van der Waals surface area (Å²) in [7, 11) is -1.81. The van der Waals surface area contributed by atoms with Crippen molar-refractivity contribution in [2.45, 2.75) is 4.90 Å². The number of aromatic nitrogens is 1. The van der Waals surface area contributed by atoms with E-state index >= 15 is 0 Å². The molecule has 0 saturated heterocycles. The predicted molar refractivity (Wildman–Crippen MR) is 64.3 cm³/mol. The molecule has 1 aromatic carbocycles. The van der Waals surface area contributed by atoms with E-state index in [9.17, 15) is 0 Å². The van der Waals surface area contributed by atoms with Crippen molar-refractivity contribution in [3.05, 3.63) is 30.5 Å². The molecule has 0 atom stereocenters. The Labute approximate surface area is 97.5 Å². The van der Waals surface area contributed by atoms with Gasteiger partial charge in [0.2, 0.25) is 0 Å². The number of benzene rings is 1. The summed E-state index contributed by atoms with van der Waals surface area (Å²) in [5, 5.41) is 18.6. The van der Waals surface area contributed by atoms with Crippen molar-refractivity contribution < 1.29 is 14.7 Å². The van der Waals surface area contributed by atoms with Crippen LogP contribution in [0.25, 0.3) is 10.9 Å². The molecule has 0 aliphatic rings. The van der Waals surface area contributed by atoms with Crippen LogP contribution < -0.4 is 4.65 Å². The zero-order valence-electron chi connectivity index (χ0n) is 8.62. The minimum absolute atomic E-state index is 0.447. The Kier molecular flexibility index (Phi) is 3.33. The molecule has 0 spiro atoms. The van der Waals surface area contributed by atoms with Gasteiger partial charge in [-0.15, -0.1) is 11.8 Å². The third-order valence-electron chi connectivity index (χ3n) is 2.14. The van der Waals surface area contributed by atoms with Gasteiger partial charge in [-0.25, -0.2) is 0 Å². The second-order valence-electron chi connectivity index (χ2n) is 3.11. The van der Waals surface area contributed by atoms with Crippen molar-refractivity contribution in [2.75, 3.05) is 6.26 Å². The van der Waals surface area contributed by atoms with E-state index in [1.54, 1.807) is 18.3 Å². The highest BCUT2D eigenvalue weighted by molar-refractivity contribution is 7.99. The molecule has 0 radical (unpaired) electrons. The first-order chi connectivity index (χ1) is 7.72. The molecule has 0 bridgehead atoms. The molecule has 0 unspecified atom stereocenters. The summed E-state index contributed by atoms with van der Waals surface area (Å²) in [5.74, 6) is 0.447. The van der Waals surface area contributed by atoms with E-state index in [0.717, 1.165) is 15.8 Å². The summed E-state index contributed by atoms with van der Waals surface area (Å²) in [6.07, 6.45) is 3.62. The van der Waals surface area contributed by atoms with E-state index in [1.807, 2.05) is 18.4 Å². The number of fused-ring (bicyclic) bond motifs is 1. The average molecular weight is 235 g/mol. The van der Waals surface area contributed by atoms with Crippen molar-refractivity contribution in [3.8, 4) is 5.75 Å². The first kappa shape index (κ1) is 11.3. The molecule has 0 fully saturated rings. The highest BCUT2D eigenvalue weighted by atomic mass is 32.2. The molecular weight excluding hydrogens is 225 g/mol. The Bertz CT molecular complexity index is 506. The molecule has 6 heteroatoms. The van der Waals surface area contributed by atoms with Crippen molar-refractivity contribution in [1.29, 1.82) is 0 Å². The van der Waals surface area contributed by atoms with Crippen molar-refractivity contribution in [1.82, 2.24) is 4.98 Å². The Morgan fingerprint density at radius 3 is 2.81 bits per heavy atom. The molecule has 2 rings (SSSR count). The van der Waals surface area contributed by atoms with Gasteiger partial charge in [-0.1, -0.05) is 6.07 Å². The maximum absolute atomic E-state index is 8.81. The maximum Gasteiger partial charge on any atom is 0.707 e. The molecule has 82 valence electrons. The van der Waals surface area contributed by atoms with Crippen LogP contribution in [0.5, 0.6) is 5.75 Å². The highest BCUT2D eigenvalue weighted by Crippen LogP contribution is 2.34. The smallest absolute Gasteiger partial charge is 0.511 e. The van der Waals surface area contributed by atoms with Crippen LogP contribution in [-0.2, 0) is 0 Å². The van der Waals surface area contributed by atoms with Crippen LogP contribution in [-0.4, -0.2) is 28.6 Å². The Morgan fingerprint density at radius 2 is 2.12 bits per heavy atom. The summed E-state index contributed by atoms with van der Waals surface area (Å²) >= 11 is 1.48. The summed E-state index contributed by atoms with van der Waals surface area (Å²) in [4.78, 5) is 5.06. The van der Waals surface area contributed by atoms with Gasteiger partial charge < -0.3 is 14.7 Å². The van der Waals surface area contributed by atoms with Gasteiger partial charge in [0.1, 0.15) is 5.75 Å². The van der Waals surface area contributed by atoms with E-state index in [-0.39, 0.29) is 0 Å². The fraction of sp³-hybridized carbons (Fsp3) is 0.100. The van der Waals surface area contributed by atoms with Gasteiger partial charge in [0.25, 0.3) is 0 Å². The normalized spacial score (nSPS) is 10.4. The number of nitrogens with zero attached hydrogens (tertiary/aromatic N) is 1. The van der Waals surface area contributed by atoms with Crippen LogP contribution in [0, 0.1) is 0 Å². The maximum atomic E-state index is 8.81. The second-order valence-corrected chi connectivity index (χ2v) is 3.93.